The van der Waals surface area contributed by atoms with E-state index >= 15 is 0 Å². The average Bonchev–Trinajstić information content (AvgIpc) is 2.70. The second-order valence-electron chi connectivity index (χ2n) is 4.48. The van der Waals surface area contributed by atoms with E-state index in [0.717, 1.165) is 6.42 Å². The molecule has 0 spiro atoms. The zero-order valence-corrected chi connectivity index (χ0v) is 13.3. The molecule has 0 saturated carbocycles. The smallest absolute Gasteiger partial charge is 0.221 e. The maximum atomic E-state index is 13.6. The molecule has 2 rings (SSSR count). The van der Waals surface area contributed by atoms with Gasteiger partial charge in [0.2, 0.25) is 11.9 Å². The molecule has 0 atom stereocenters. The van der Waals surface area contributed by atoms with Crippen molar-refractivity contribution in [2.24, 2.45) is 0 Å². The number of benzene rings is 1. The number of nitrogen functional groups attached to an aromatic ring is 1. The lowest BCUT2D eigenvalue weighted by atomic mass is 10.3. The summed E-state index contributed by atoms with van der Waals surface area (Å²) in [4.78, 5) is 15.8. The third-order valence-electron chi connectivity index (χ3n) is 2.95. The molecule has 1 heterocycles. The number of amides is 1. The Balaban J connectivity index is 2.19. The van der Waals surface area contributed by atoms with Crippen molar-refractivity contribution in [3.05, 3.63) is 21.5 Å². The summed E-state index contributed by atoms with van der Waals surface area (Å²) in [5, 5.41) is 2.79. The van der Waals surface area contributed by atoms with Gasteiger partial charge in [-0.15, -0.1) is 0 Å². The molecule has 108 valence electrons. The SMILES string of the molecule is CCCNC(=O)CCn1c(N)nc2cc(I)c(F)cc21. The van der Waals surface area contributed by atoms with Crippen molar-refractivity contribution >= 4 is 45.5 Å². The molecule has 0 aliphatic rings. The van der Waals surface area contributed by atoms with Crippen LogP contribution in [0, 0.1) is 9.39 Å². The molecule has 3 N–H and O–H groups in total. The Morgan fingerprint density at radius 1 is 1.55 bits per heavy atom. The van der Waals surface area contributed by atoms with Crippen LogP contribution in [0.5, 0.6) is 0 Å². The molecule has 1 aromatic heterocycles. The number of carbonyl (C=O) groups is 1. The molecule has 0 bridgehead atoms. The number of halogens is 2. The zero-order chi connectivity index (χ0) is 14.7. The van der Waals surface area contributed by atoms with Crippen molar-refractivity contribution in [2.75, 3.05) is 12.3 Å². The molecule has 0 radical (unpaired) electrons. The first kappa shape index (κ1) is 15.0. The van der Waals surface area contributed by atoms with E-state index in [2.05, 4.69) is 10.3 Å². The van der Waals surface area contributed by atoms with E-state index in [1.807, 2.05) is 29.5 Å². The monoisotopic (exact) mass is 390 g/mol. The summed E-state index contributed by atoms with van der Waals surface area (Å²) in [7, 11) is 0. The number of fused-ring (bicyclic) bond motifs is 1. The number of aryl methyl sites for hydroxylation is 1. The maximum absolute atomic E-state index is 13.6. The zero-order valence-electron chi connectivity index (χ0n) is 11.1. The van der Waals surface area contributed by atoms with E-state index in [-0.39, 0.29) is 11.7 Å². The fourth-order valence-corrected chi connectivity index (χ4v) is 2.39. The molecule has 7 heteroatoms. The van der Waals surface area contributed by atoms with Crippen LogP contribution in [0.15, 0.2) is 12.1 Å². The van der Waals surface area contributed by atoms with Crippen LogP contribution < -0.4 is 11.1 Å². The van der Waals surface area contributed by atoms with Gasteiger partial charge in [0.25, 0.3) is 0 Å². The van der Waals surface area contributed by atoms with Crippen LogP contribution >= 0.6 is 22.6 Å². The third kappa shape index (κ3) is 3.20. The molecule has 5 nitrogen and oxygen atoms in total. The van der Waals surface area contributed by atoms with Crippen molar-refractivity contribution < 1.29 is 9.18 Å². The molecular formula is C13H16FIN4O. The van der Waals surface area contributed by atoms with Gasteiger partial charge in [0, 0.05) is 25.6 Å². The van der Waals surface area contributed by atoms with Gasteiger partial charge < -0.3 is 15.6 Å². The van der Waals surface area contributed by atoms with Crippen LogP contribution in [0.4, 0.5) is 10.3 Å². The summed E-state index contributed by atoms with van der Waals surface area (Å²) in [6, 6.07) is 3.06. The Morgan fingerprint density at radius 3 is 3.00 bits per heavy atom. The molecular weight excluding hydrogens is 374 g/mol. The lowest BCUT2D eigenvalue weighted by molar-refractivity contribution is -0.121. The first-order valence-electron chi connectivity index (χ1n) is 6.40. The van der Waals surface area contributed by atoms with E-state index < -0.39 is 0 Å². The fraction of sp³-hybridized carbons (Fsp3) is 0.385. The Labute approximate surface area is 129 Å². The molecule has 0 saturated heterocycles. The van der Waals surface area contributed by atoms with Gasteiger partial charge in [-0.3, -0.25) is 4.79 Å². The van der Waals surface area contributed by atoms with Crippen molar-refractivity contribution in [2.45, 2.75) is 26.3 Å². The molecule has 1 amide bonds. The third-order valence-corrected chi connectivity index (χ3v) is 3.78. The first-order valence-corrected chi connectivity index (χ1v) is 7.48. The number of imidazole rings is 1. The van der Waals surface area contributed by atoms with E-state index in [1.54, 1.807) is 10.6 Å². The quantitative estimate of drug-likeness (QED) is 0.770. The summed E-state index contributed by atoms with van der Waals surface area (Å²) in [6.45, 7) is 3.04. The minimum Gasteiger partial charge on any atom is -0.369 e. The maximum Gasteiger partial charge on any atom is 0.221 e. The highest BCUT2D eigenvalue weighted by molar-refractivity contribution is 14.1. The first-order chi connectivity index (χ1) is 9.52. The minimum atomic E-state index is -0.310. The lowest BCUT2D eigenvalue weighted by Crippen LogP contribution is -2.25. The van der Waals surface area contributed by atoms with Crippen LogP contribution in [0.3, 0.4) is 0 Å². The summed E-state index contributed by atoms with van der Waals surface area (Å²) in [5.74, 6) is -0.0570. The van der Waals surface area contributed by atoms with E-state index in [0.29, 0.717) is 40.1 Å². The van der Waals surface area contributed by atoms with Crippen molar-refractivity contribution in [1.82, 2.24) is 14.9 Å². The van der Waals surface area contributed by atoms with Gasteiger partial charge in [-0.2, -0.15) is 0 Å². The minimum absolute atomic E-state index is 0.0425. The molecule has 0 unspecified atom stereocenters. The topological polar surface area (TPSA) is 72.9 Å². The highest BCUT2D eigenvalue weighted by Crippen LogP contribution is 2.23. The molecule has 2 aromatic rings. The van der Waals surface area contributed by atoms with Crippen LogP contribution in [-0.2, 0) is 11.3 Å². The predicted octanol–water partition coefficient (Wildman–Crippen LogP) is 2.28. The Bertz CT molecular complexity index is 641. The number of nitrogens with zero attached hydrogens (tertiary/aromatic N) is 2. The number of nitrogens with two attached hydrogens (primary N) is 1. The number of rotatable bonds is 5. The van der Waals surface area contributed by atoms with Crippen molar-refractivity contribution in [3.63, 3.8) is 0 Å². The number of nitrogens with one attached hydrogen (secondary N) is 1. The second kappa shape index (κ2) is 6.38. The highest BCUT2D eigenvalue weighted by Gasteiger charge is 2.12. The summed E-state index contributed by atoms with van der Waals surface area (Å²) in [6.07, 6.45) is 1.19. The number of carbonyl (C=O) groups excluding carboxylic acids is 1. The number of hydrogen-bond acceptors (Lipinski definition) is 3. The summed E-state index contributed by atoms with van der Waals surface area (Å²) in [5.41, 5.74) is 7.09. The van der Waals surface area contributed by atoms with E-state index in [1.165, 1.54) is 6.07 Å². The largest absolute Gasteiger partial charge is 0.369 e. The number of hydrogen-bond donors (Lipinski definition) is 2. The molecule has 20 heavy (non-hydrogen) atoms. The summed E-state index contributed by atoms with van der Waals surface area (Å²) >= 11 is 1.91. The van der Waals surface area contributed by atoms with Gasteiger partial charge in [0.15, 0.2) is 0 Å². The average molecular weight is 390 g/mol. The van der Waals surface area contributed by atoms with Gasteiger partial charge in [-0.05, 0) is 35.1 Å². The van der Waals surface area contributed by atoms with Crippen molar-refractivity contribution in [1.29, 1.82) is 0 Å². The van der Waals surface area contributed by atoms with Gasteiger partial charge in [0.05, 0.1) is 14.6 Å². The normalized spacial score (nSPS) is 10.9. The fourth-order valence-electron chi connectivity index (χ4n) is 1.94. The van der Waals surface area contributed by atoms with Crippen LogP contribution in [0.1, 0.15) is 19.8 Å². The Morgan fingerprint density at radius 2 is 2.30 bits per heavy atom. The highest BCUT2D eigenvalue weighted by atomic mass is 127. The van der Waals surface area contributed by atoms with Gasteiger partial charge in [-0.1, -0.05) is 6.92 Å². The van der Waals surface area contributed by atoms with Crippen LogP contribution in [-0.4, -0.2) is 22.0 Å². The molecule has 0 aliphatic carbocycles. The Kier molecular flexibility index (Phi) is 4.79. The Hall–Kier alpha value is -1.38. The van der Waals surface area contributed by atoms with E-state index in [4.69, 9.17) is 5.73 Å². The molecule has 1 aromatic carbocycles. The molecule has 0 fully saturated rings. The van der Waals surface area contributed by atoms with Gasteiger partial charge >= 0.3 is 0 Å². The second-order valence-corrected chi connectivity index (χ2v) is 5.64. The standard InChI is InChI=1S/C13H16FIN4O/c1-2-4-17-12(20)3-5-19-11-6-8(14)9(15)7-10(11)18-13(19)16/h6-7H,2-5H2,1H3,(H2,16,18)(H,17,20). The van der Waals surface area contributed by atoms with Gasteiger partial charge in [0.1, 0.15) is 5.82 Å². The summed E-state index contributed by atoms with van der Waals surface area (Å²) < 4.78 is 15.8. The number of aromatic nitrogens is 2. The van der Waals surface area contributed by atoms with Gasteiger partial charge in [-0.25, -0.2) is 9.37 Å². The van der Waals surface area contributed by atoms with Crippen LogP contribution in [0.25, 0.3) is 11.0 Å². The van der Waals surface area contributed by atoms with Crippen molar-refractivity contribution in [3.8, 4) is 0 Å². The predicted molar refractivity (Wildman–Crippen MR) is 84.7 cm³/mol. The number of anilines is 1. The molecule has 0 aliphatic heterocycles. The van der Waals surface area contributed by atoms with E-state index in [9.17, 15) is 9.18 Å². The lowest BCUT2D eigenvalue weighted by Gasteiger charge is -2.07. The van der Waals surface area contributed by atoms with Crippen LogP contribution in [0.2, 0.25) is 0 Å².